The van der Waals surface area contributed by atoms with E-state index >= 15 is 0 Å². The molecular weight excluding hydrogens is 774 g/mol. The van der Waals surface area contributed by atoms with Crippen molar-refractivity contribution in [3.05, 3.63) is 35.4 Å². The van der Waals surface area contributed by atoms with Gasteiger partial charge in [-0.25, -0.2) is 0 Å². The van der Waals surface area contributed by atoms with Crippen molar-refractivity contribution in [2.45, 2.75) is 129 Å². The molecule has 0 N–H and O–H groups in total. The Kier molecular flexibility index (Phi) is 21.3. The molecule has 0 fully saturated rings. The zero-order chi connectivity index (χ0) is 29.7. The minimum atomic E-state index is -4.28. The molecule has 0 aromatic heterocycles. The molecule has 2 atom stereocenters. The number of unbranched alkanes of at least 4 members (excludes halogenated alkanes) is 16. The molecule has 40 heavy (non-hydrogen) atoms. The van der Waals surface area contributed by atoms with Crippen LogP contribution in [0.25, 0.3) is 0 Å². The molecular formula is C30H52I2O6S2. The summed E-state index contributed by atoms with van der Waals surface area (Å²) >= 11 is -8.55. The molecule has 6 nitrogen and oxygen atoms in total. The molecule has 0 heterocycles. The molecule has 1 rings (SSSR count). The Balaban J connectivity index is 2.48. The van der Waals surface area contributed by atoms with Crippen LogP contribution in [0, 0.1) is 0 Å². The monoisotopic (exact) mass is 826 g/mol. The third-order valence-electron chi connectivity index (χ3n) is 6.70. The summed E-state index contributed by atoms with van der Waals surface area (Å²) in [5.41, 5.74) is -0.128. The Hall–Kier alpha value is -0.0800. The zero-order valence-corrected chi connectivity index (χ0v) is 30.7. The Labute approximate surface area is 259 Å². The molecule has 0 aliphatic carbocycles. The molecule has 0 saturated heterocycles. The van der Waals surface area contributed by atoms with Gasteiger partial charge in [0, 0.05) is 0 Å². The van der Waals surface area contributed by atoms with Crippen molar-refractivity contribution in [2.75, 3.05) is 8.86 Å². The molecule has 0 saturated carbocycles. The maximum atomic E-state index is 12.9. The van der Waals surface area contributed by atoms with Gasteiger partial charge in [0.1, 0.15) is 0 Å². The summed E-state index contributed by atoms with van der Waals surface area (Å²) in [7, 11) is 8.42. The fourth-order valence-electron chi connectivity index (χ4n) is 4.37. The van der Waals surface area contributed by atoms with Crippen molar-refractivity contribution in [3.8, 4) is 0 Å². The van der Waals surface area contributed by atoms with Gasteiger partial charge in [-0.3, -0.25) is 0 Å². The molecule has 2 unspecified atom stereocenters. The first kappa shape index (κ1) is 37.9. The number of hydrogen-bond donors (Lipinski definition) is 2. The molecule has 0 amide bonds. The minimum absolute atomic E-state index is 0.0641. The standard InChI is InChI=1S/C30H52I2O6S2/c1-3-5-7-9-11-13-15-17-21-25-31(35,39)37-29(33)27-23-19-20-24-28(27)30(34)38-32(36,40)26-22-18-16-14-12-10-8-6-4-2/h19-20,23-24H,3-18,21-22,25-26H2,1-2H3,(H,35,39)(H,36,40). The number of carbonyl (C=O) groups is 2. The van der Waals surface area contributed by atoms with Crippen LogP contribution in [0.15, 0.2) is 24.3 Å². The first-order valence-corrected chi connectivity index (χ1v) is 28.1. The van der Waals surface area contributed by atoms with E-state index in [9.17, 15) is 15.7 Å². The maximum absolute atomic E-state index is 12.9. The number of halogens is 2. The number of rotatable bonds is 24. The Morgan fingerprint density at radius 1 is 0.550 bits per heavy atom. The number of carbonyl (C=O) groups excluding carboxylic acids is 2. The van der Waals surface area contributed by atoms with E-state index in [0.717, 1.165) is 38.5 Å². The molecule has 0 aliphatic heterocycles. The van der Waals surface area contributed by atoms with E-state index in [1.165, 1.54) is 76.3 Å². The van der Waals surface area contributed by atoms with E-state index in [0.29, 0.717) is 12.8 Å². The van der Waals surface area contributed by atoms with Crippen LogP contribution in [-0.4, -0.2) is 20.8 Å². The van der Waals surface area contributed by atoms with Gasteiger partial charge in [0.15, 0.2) is 0 Å². The summed E-state index contributed by atoms with van der Waals surface area (Å²) < 4.78 is 36.9. The molecule has 1 aromatic rings. The van der Waals surface area contributed by atoms with Crippen LogP contribution < -0.4 is 0 Å². The van der Waals surface area contributed by atoms with E-state index in [4.69, 9.17) is 6.13 Å². The van der Waals surface area contributed by atoms with Crippen molar-refractivity contribution in [3.63, 3.8) is 0 Å². The van der Waals surface area contributed by atoms with Crippen LogP contribution in [0.5, 0.6) is 0 Å². The van der Waals surface area contributed by atoms with E-state index < -0.39 is 46.8 Å². The molecule has 0 radical (unpaired) electrons. The van der Waals surface area contributed by atoms with E-state index in [-0.39, 0.29) is 20.0 Å². The second kappa shape index (κ2) is 22.5. The van der Waals surface area contributed by atoms with Crippen LogP contribution in [0.4, 0.5) is 0 Å². The van der Waals surface area contributed by atoms with Crippen LogP contribution in [0.2, 0.25) is 0 Å². The summed E-state index contributed by atoms with van der Waals surface area (Å²) in [5, 5.41) is 0. The summed E-state index contributed by atoms with van der Waals surface area (Å²) in [6.07, 6.45) is 20.2. The van der Waals surface area contributed by atoms with Crippen molar-refractivity contribution < 1.29 is 21.9 Å². The van der Waals surface area contributed by atoms with Gasteiger partial charge >= 0.3 is 262 Å². The van der Waals surface area contributed by atoms with Crippen molar-refractivity contribution in [1.29, 1.82) is 0 Å². The summed E-state index contributed by atoms with van der Waals surface area (Å²) in [5.74, 6) is -1.74. The van der Waals surface area contributed by atoms with Gasteiger partial charge in [-0.15, -0.1) is 0 Å². The molecule has 0 bridgehead atoms. The Bertz CT molecular complexity index is 881. The average molecular weight is 827 g/mol. The molecule has 0 aliphatic rings. The number of hydrogen-bond acceptors (Lipinski definition) is 6. The quantitative estimate of drug-likeness (QED) is 0.0467. The summed E-state index contributed by atoms with van der Waals surface area (Å²) in [6.45, 7) is 4.41. The molecule has 1 aromatic carbocycles. The van der Waals surface area contributed by atoms with Gasteiger partial charge in [-0.05, 0) is 0 Å². The molecule has 0 spiro atoms. The van der Waals surface area contributed by atoms with E-state index in [2.05, 4.69) is 33.4 Å². The van der Waals surface area contributed by atoms with Gasteiger partial charge in [0.2, 0.25) is 0 Å². The van der Waals surface area contributed by atoms with Gasteiger partial charge in [-0.1, -0.05) is 0 Å². The fourth-order valence-corrected chi connectivity index (χ4v) is 12.0. The normalized spacial score (nSPS) is 15.9. The van der Waals surface area contributed by atoms with Gasteiger partial charge < -0.3 is 0 Å². The number of benzene rings is 1. The van der Waals surface area contributed by atoms with Crippen molar-refractivity contribution >= 4 is 66.4 Å². The Morgan fingerprint density at radius 2 is 0.825 bits per heavy atom. The van der Waals surface area contributed by atoms with Crippen molar-refractivity contribution in [2.24, 2.45) is 0 Å². The molecule has 10 heteroatoms. The van der Waals surface area contributed by atoms with E-state index in [1.807, 2.05) is 0 Å². The average Bonchev–Trinajstić information content (AvgIpc) is 2.90. The van der Waals surface area contributed by atoms with Crippen LogP contribution >= 0.6 is 54.5 Å². The number of alkyl halides is 2. The topological polar surface area (TPSA) is 86.7 Å². The van der Waals surface area contributed by atoms with Crippen LogP contribution in [0.1, 0.15) is 150 Å². The van der Waals surface area contributed by atoms with Crippen molar-refractivity contribution in [1.82, 2.24) is 0 Å². The SMILES string of the molecule is CCCCCCCCCCCI(=O)(S)OC(=O)c1ccccc1C(=O)OI(=O)(S)CCCCCCCCCCC. The summed E-state index contributed by atoms with van der Waals surface area (Å²) in [4.78, 5) is 25.7. The van der Waals surface area contributed by atoms with Gasteiger partial charge in [0.05, 0.1) is 0 Å². The Morgan fingerprint density at radius 3 is 1.12 bits per heavy atom. The number of thiol groups is 2. The predicted octanol–water partition coefficient (Wildman–Crippen LogP) is 11.4. The first-order valence-electron chi connectivity index (χ1n) is 15.0. The van der Waals surface area contributed by atoms with Crippen LogP contribution in [0.3, 0.4) is 0 Å². The third kappa shape index (κ3) is 18.5. The predicted molar refractivity (Wildman–Crippen MR) is 189 cm³/mol. The second-order valence-electron chi connectivity index (χ2n) is 10.4. The zero-order valence-electron chi connectivity index (χ0n) is 24.6. The van der Waals surface area contributed by atoms with E-state index in [1.54, 1.807) is 12.1 Å². The third-order valence-corrected chi connectivity index (χ3v) is 16.3. The van der Waals surface area contributed by atoms with Gasteiger partial charge in [-0.2, -0.15) is 0 Å². The van der Waals surface area contributed by atoms with Gasteiger partial charge in [0.25, 0.3) is 0 Å². The second-order valence-corrected chi connectivity index (χ2v) is 26.5. The fraction of sp³-hybridized carbons (Fsp3) is 0.733. The first-order chi connectivity index (χ1) is 19.1. The molecule has 234 valence electrons. The summed E-state index contributed by atoms with van der Waals surface area (Å²) in [6, 6.07) is 6.00. The van der Waals surface area contributed by atoms with Crippen LogP contribution in [-0.2, 0) is 12.3 Å².